The average Bonchev–Trinajstić information content (AvgIpc) is 3.09. The number of aromatic nitrogens is 2. The zero-order valence-electron chi connectivity index (χ0n) is 19.8. The monoisotopic (exact) mass is 566 g/mol. The predicted molar refractivity (Wildman–Crippen MR) is 142 cm³/mol. The number of halogens is 4. The molecule has 1 atom stereocenters. The Morgan fingerprint density at radius 3 is 2.57 bits per heavy atom. The molecule has 37 heavy (non-hydrogen) atoms. The minimum absolute atomic E-state index is 0.0329. The van der Waals surface area contributed by atoms with Crippen molar-refractivity contribution in [2.24, 2.45) is 0 Å². The van der Waals surface area contributed by atoms with E-state index in [1.165, 1.54) is 28.5 Å². The molecule has 0 saturated carbocycles. The molecule has 5 rings (SSSR count). The molecule has 1 fully saturated rings. The summed E-state index contributed by atoms with van der Waals surface area (Å²) in [5.41, 5.74) is 0.416. The lowest BCUT2D eigenvalue weighted by Crippen LogP contribution is -2.49. The van der Waals surface area contributed by atoms with E-state index >= 15 is 4.39 Å². The van der Waals surface area contributed by atoms with E-state index in [1.807, 2.05) is 4.90 Å². The fourth-order valence-electron chi connectivity index (χ4n) is 4.72. The van der Waals surface area contributed by atoms with Gasteiger partial charge in [0.1, 0.15) is 17.5 Å². The Balaban J connectivity index is 1.74. The fraction of sp³-hybridized carbons (Fsp3) is 0.320. The van der Waals surface area contributed by atoms with Crippen molar-refractivity contribution in [3.8, 4) is 11.1 Å². The first kappa shape index (κ1) is 26.0. The van der Waals surface area contributed by atoms with Crippen LogP contribution in [0.15, 0.2) is 40.5 Å². The molecule has 1 saturated heterocycles. The van der Waals surface area contributed by atoms with E-state index in [0.29, 0.717) is 59.1 Å². The molecule has 194 valence electrons. The molecule has 12 heteroatoms. The summed E-state index contributed by atoms with van der Waals surface area (Å²) in [4.78, 5) is 33.9. The molecule has 1 amide bonds. The van der Waals surface area contributed by atoms with Gasteiger partial charge in [0.15, 0.2) is 0 Å². The second-order valence-electron chi connectivity index (χ2n) is 8.72. The van der Waals surface area contributed by atoms with Gasteiger partial charge in [-0.25, -0.2) is 13.6 Å². The molecule has 0 radical (unpaired) electrons. The molecular weight excluding hydrogens is 545 g/mol. The summed E-state index contributed by atoms with van der Waals surface area (Å²) >= 11 is 14.2. The van der Waals surface area contributed by atoms with Gasteiger partial charge in [-0.1, -0.05) is 29.8 Å². The highest BCUT2D eigenvalue weighted by atomic mass is 35.5. The maximum atomic E-state index is 15.0. The van der Waals surface area contributed by atoms with Crippen LogP contribution in [0.1, 0.15) is 0 Å². The number of benzene rings is 2. The topological polar surface area (TPSA) is 67.7 Å². The average molecular weight is 567 g/mol. The Bertz CT molecular complexity index is 1490. The molecule has 1 aromatic heterocycles. The molecule has 1 unspecified atom stereocenters. The third-order valence-corrected chi connectivity index (χ3v) is 8.44. The van der Waals surface area contributed by atoms with E-state index in [4.69, 9.17) is 27.9 Å². The van der Waals surface area contributed by atoms with Crippen LogP contribution in [0.2, 0.25) is 10.0 Å². The van der Waals surface area contributed by atoms with Crippen LogP contribution < -0.4 is 10.6 Å². The van der Waals surface area contributed by atoms with Crippen molar-refractivity contribution >= 4 is 57.6 Å². The SMILES string of the molecule is C=CC(=O)N1CCN(c2nc(=O)n3c4c(c(-c5cc(Cl)c(F)cc5F)c(Cl)cc24)SCC(OC)C3)CC1. The Morgan fingerprint density at radius 1 is 1.16 bits per heavy atom. The van der Waals surface area contributed by atoms with E-state index in [0.717, 1.165) is 6.07 Å². The number of carbonyl (C=O) groups is 1. The van der Waals surface area contributed by atoms with Crippen molar-refractivity contribution in [1.29, 1.82) is 0 Å². The molecule has 0 bridgehead atoms. The van der Waals surface area contributed by atoms with Crippen LogP contribution >= 0.6 is 35.0 Å². The summed E-state index contributed by atoms with van der Waals surface area (Å²) in [6, 6.07) is 3.58. The van der Waals surface area contributed by atoms with Gasteiger partial charge >= 0.3 is 5.69 Å². The van der Waals surface area contributed by atoms with Gasteiger partial charge in [-0.2, -0.15) is 4.98 Å². The van der Waals surface area contributed by atoms with Gasteiger partial charge in [0.2, 0.25) is 5.91 Å². The molecule has 0 N–H and O–H groups in total. The number of anilines is 1. The predicted octanol–water partition coefficient (Wildman–Crippen LogP) is 4.60. The van der Waals surface area contributed by atoms with Gasteiger partial charge in [0, 0.05) is 66.5 Å². The zero-order chi connectivity index (χ0) is 26.4. The van der Waals surface area contributed by atoms with E-state index in [2.05, 4.69) is 11.6 Å². The van der Waals surface area contributed by atoms with Crippen LogP contribution in [0.5, 0.6) is 0 Å². The van der Waals surface area contributed by atoms with E-state index in [1.54, 1.807) is 18.1 Å². The van der Waals surface area contributed by atoms with Crippen molar-refractivity contribution in [1.82, 2.24) is 14.5 Å². The number of nitrogens with zero attached hydrogens (tertiary/aromatic N) is 4. The highest BCUT2D eigenvalue weighted by Crippen LogP contribution is 2.46. The van der Waals surface area contributed by atoms with Crippen molar-refractivity contribution < 1.29 is 18.3 Å². The number of amides is 1. The lowest BCUT2D eigenvalue weighted by atomic mass is 10.0. The lowest BCUT2D eigenvalue weighted by Gasteiger charge is -2.35. The van der Waals surface area contributed by atoms with Crippen molar-refractivity contribution in [2.75, 3.05) is 43.9 Å². The van der Waals surface area contributed by atoms with Crippen molar-refractivity contribution in [2.45, 2.75) is 17.5 Å². The van der Waals surface area contributed by atoms with Gasteiger partial charge in [-0.3, -0.25) is 9.36 Å². The van der Waals surface area contributed by atoms with Crippen molar-refractivity contribution in [3.05, 3.63) is 63.0 Å². The third-order valence-electron chi connectivity index (χ3n) is 6.63. The number of hydrogen-bond donors (Lipinski definition) is 0. The maximum absolute atomic E-state index is 15.0. The minimum Gasteiger partial charge on any atom is -0.379 e. The molecule has 2 aromatic carbocycles. The van der Waals surface area contributed by atoms with Gasteiger partial charge in [0.05, 0.1) is 28.2 Å². The standard InChI is InChI=1S/C25H22Cl2F2N4O3S/c1-3-20(34)31-4-6-32(7-5-31)24-15-9-17(27)21(14-8-16(26)19(29)10-18(14)28)23-22(15)33(25(35)30-24)11-13(36-2)12-37-23/h3,8-10,13H,1,4-7,11-12H2,2H3. The second-order valence-corrected chi connectivity index (χ2v) is 10.6. The largest absolute Gasteiger partial charge is 0.379 e. The van der Waals surface area contributed by atoms with Gasteiger partial charge in [-0.05, 0) is 18.2 Å². The Morgan fingerprint density at radius 2 is 1.89 bits per heavy atom. The van der Waals surface area contributed by atoms with Gasteiger partial charge in [-0.15, -0.1) is 11.8 Å². The third kappa shape index (κ3) is 4.60. The quantitative estimate of drug-likeness (QED) is 0.339. The first-order valence-electron chi connectivity index (χ1n) is 11.5. The Hall–Kier alpha value is -2.66. The Kier molecular flexibility index (Phi) is 7.19. The molecule has 2 aliphatic heterocycles. The summed E-state index contributed by atoms with van der Waals surface area (Å²) in [5.74, 6) is -0.954. The number of hydrogen-bond acceptors (Lipinski definition) is 6. The zero-order valence-corrected chi connectivity index (χ0v) is 22.1. The summed E-state index contributed by atoms with van der Waals surface area (Å²) < 4.78 is 36.1. The van der Waals surface area contributed by atoms with Gasteiger partial charge < -0.3 is 14.5 Å². The number of rotatable bonds is 4. The highest BCUT2D eigenvalue weighted by molar-refractivity contribution is 7.99. The number of piperazine rings is 1. The first-order valence-corrected chi connectivity index (χ1v) is 13.2. The van der Waals surface area contributed by atoms with Crippen molar-refractivity contribution in [3.63, 3.8) is 0 Å². The molecule has 0 spiro atoms. The van der Waals surface area contributed by atoms with E-state index < -0.39 is 17.3 Å². The van der Waals surface area contributed by atoms with Crippen LogP contribution in [0.25, 0.3) is 22.0 Å². The second kappa shape index (κ2) is 10.2. The molecular formula is C25H22Cl2F2N4O3S. The molecule has 0 aliphatic carbocycles. The fourth-order valence-corrected chi connectivity index (χ4v) is 6.56. The van der Waals surface area contributed by atoms with Gasteiger partial charge in [0.25, 0.3) is 0 Å². The number of methoxy groups -OCH3 is 1. The first-order chi connectivity index (χ1) is 17.7. The van der Waals surface area contributed by atoms with Crippen LogP contribution in [0, 0.1) is 11.6 Å². The van der Waals surface area contributed by atoms with E-state index in [-0.39, 0.29) is 34.2 Å². The maximum Gasteiger partial charge on any atom is 0.350 e. The summed E-state index contributed by atoms with van der Waals surface area (Å²) in [6.45, 7) is 5.57. The summed E-state index contributed by atoms with van der Waals surface area (Å²) in [7, 11) is 1.56. The van der Waals surface area contributed by atoms with Crippen LogP contribution in [-0.4, -0.2) is 65.5 Å². The molecule has 3 aromatic rings. The highest BCUT2D eigenvalue weighted by Gasteiger charge is 2.30. The number of thioether (sulfide) groups is 1. The lowest BCUT2D eigenvalue weighted by molar-refractivity contribution is -0.126. The normalized spacial score (nSPS) is 17.7. The summed E-state index contributed by atoms with van der Waals surface area (Å²) in [6.07, 6.45) is 0.963. The summed E-state index contributed by atoms with van der Waals surface area (Å²) in [5, 5.41) is 0.582. The van der Waals surface area contributed by atoms with Crippen LogP contribution in [0.3, 0.4) is 0 Å². The molecule has 2 aliphatic rings. The molecule has 7 nitrogen and oxygen atoms in total. The minimum atomic E-state index is -0.879. The number of carbonyl (C=O) groups excluding carboxylic acids is 1. The van der Waals surface area contributed by atoms with Crippen LogP contribution in [0.4, 0.5) is 14.6 Å². The number of ether oxygens (including phenoxy) is 1. The van der Waals surface area contributed by atoms with E-state index in [9.17, 15) is 14.0 Å². The smallest absolute Gasteiger partial charge is 0.350 e. The Labute approximate surface area is 225 Å². The van der Waals surface area contributed by atoms with Crippen LogP contribution in [-0.2, 0) is 16.1 Å². The molecule has 3 heterocycles.